The maximum absolute atomic E-state index is 13.8. The maximum Gasteiger partial charge on any atom is 0.435 e. The molecule has 0 aliphatic carbocycles. The molecule has 2 aromatic carbocycles. The first-order chi connectivity index (χ1) is 20.7. The highest BCUT2D eigenvalue weighted by Crippen LogP contribution is 2.47. The number of hydrogen-bond donors (Lipinski definition) is 1. The summed E-state index contributed by atoms with van der Waals surface area (Å²) in [5.41, 5.74) is -2.68. The van der Waals surface area contributed by atoms with E-state index in [2.05, 4.69) is 5.10 Å². The summed E-state index contributed by atoms with van der Waals surface area (Å²) in [6, 6.07) is 6.53. The van der Waals surface area contributed by atoms with E-state index in [0.29, 0.717) is 39.1 Å². The van der Waals surface area contributed by atoms with Crippen LogP contribution in [0.2, 0.25) is 5.02 Å². The van der Waals surface area contributed by atoms with E-state index in [1.165, 1.54) is 25.2 Å². The van der Waals surface area contributed by atoms with Crippen LogP contribution >= 0.6 is 11.6 Å². The number of benzene rings is 2. The number of carbonyl (C=O) groups is 1. The van der Waals surface area contributed by atoms with E-state index in [-0.39, 0.29) is 53.7 Å². The monoisotopic (exact) mass is 652 g/mol. The predicted molar refractivity (Wildman–Crippen MR) is 148 cm³/mol. The van der Waals surface area contributed by atoms with Crippen molar-refractivity contribution in [2.45, 2.75) is 38.5 Å². The van der Waals surface area contributed by atoms with Crippen LogP contribution in [0, 0.1) is 0 Å². The SMILES string of the molecule is CC(=O)Oc1c(-c2cc(C(F)(F)F)nn2C)ccc(OCCCCCOCCOCCO)c1-c1ccc(Cl)c(C(F)(F)F)c1. The van der Waals surface area contributed by atoms with E-state index in [9.17, 15) is 31.1 Å². The molecule has 3 rings (SSSR count). The molecule has 242 valence electrons. The van der Waals surface area contributed by atoms with Crippen molar-refractivity contribution in [1.29, 1.82) is 0 Å². The summed E-state index contributed by atoms with van der Waals surface area (Å²) in [4.78, 5) is 12.2. The van der Waals surface area contributed by atoms with Crippen molar-refractivity contribution in [3.05, 3.63) is 52.7 Å². The van der Waals surface area contributed by atoms with Crippen LogP contribution < -0.4 is 9.47 Å². The van der Waals surface area contributed by atoms with Crippen LogP contribution in [0.4, 0.5) is 26.3 Å². The smallest absolute Gasteiger partial charge is 0.435 e. The summed E-state index contributed by atoms with van der Waals surface area (Å²) in [7, 11) is 1.25. The van der Waals surface area contributed by atoms with Gasteiger partial charge in [0.2, 0.25) is 0 Å². The van der Waals surface area contributed by atoms with Gasteiger partial charge in [0.15, 0.2) is 11.4 Å². The predicted octanol–water partition coefficient (Wildman–Crippen LogP) is 6.95. The molecule has 0 aliphatic heterocycles. The molecule has 15 heteroatoms. The van der Waals surface area contributed by atoms with E-state index in [0.717, 1.165) is 29.8 Å². The van der Waals surface area contributed by atoms with Crippen molar-refractivity contribution in [3.63, 3.8) is 0 Å². The van der Waals surface area contributed by atoms with Crippen LogP contribution in [-0.2, 0) is 33.7 Å². The zero-order chi connectivity index (χ0) is 32.5. The number of unbranched alkanes of at least 4 members (excludes halogenated alkanes) is 2. The molecule has 44 heavy (non-hydrogen) atoms. The fraction of sp³-hybridized carbons (Fsp3) is 0.448. The minimum absolute atomic E-state index is 0.0309. The Morgan fingerprint density at radius 1 is 0.909 bits per heavy atom. The fourth-order valence-corrected chi connectivity index (χ4v) is 4.44. The molecule has 0 saturated heterocycles. The van der Waals surface area contributed by atoms with Crippen molar-refractivity contribution in [1.82, 2.24) is 9.78 Å². The number of alkyl halides is 6. The Bertz CT molecular complexity index is 1410. The quantitative estimate of drug-likeness (QED) is 0.0823. The molecule has 1 heterocycles. The molecule has 0 saturated carbocycles. The summed E-state index contributed by atoms with van der Waals surface area (Å²) >= 11 is 5.83. The Hall–Kier alpha value is -3.33. The van der Waals surface area contributed by atoms with E-state index in [1.54, 1.807) is 0 Å². The maximum atomic E-state index is 13.8. The number of carbonyl (C=O) groups excluding carboxylic acids is 1. The molecule has 8 nitrogen and oxygen atoms in total. The number of hydrogen-bond acceptors (Lipinski definition) is 7. The van der Waals surface area contributed by atoms with Gasteiger partial charge >= 0.3 is 18.3 Å². The lowest BCUT2D eigenvalue weighted by atomic mass is 9.96. The van der Waals surface area contributed by atoms with E-state index in [4.69, 9.17) is 35.7 Å². The Labute approximate surface area is 254 Å². The first-order valence-electron chi connectivity index (χ1n) is 13.5. The summed E-state index contributed by atoms with van der Waals surface area (Å²) < 4.78 is 104. The van der Waals surface area contributed by atoms with Gasteiger partial charge in [0, 0.05) is 26.1 Å². The molecule has 1 N–H and O–H groups in total. The third-order valence-corrected chi connectivity index (χ3v) is 6.50. The first kappa shape index (κ1) is 35.2. The van der Waals surface area contributed by atoms with Gasteiger partial charge in [-0.1, -0.05) is 17.7 Å². The second-order valence-corrected chi connectivity index (χ2v) is 9.90. The Morgan fingerprint density at radius 2 is 1.59 bits per heavy atom. The molecule has 0 aliphatic rings. The van der Waals surface area contributed by atoms with Crippen LogP contribution in [-0.4, -0.2) is 60.5 Å². The first-order valence-corrected chi connectivity index (χ1v) is 13.8. The third kappa shape index (κ3) is 9.58. The van der Waals surface area contributed by atoms with Crippen molar-refractivity contribution in [3.8, 4) is 33.9 Å². The van der Waals surface area contributed by atoms with Crippen LogP contribution in [0.3, 0.4) is 0 Å². The highest BCUT2D eigenvalue weighted by molar-refractivity contribution is 6.31. The average molecular weight is 653 g/mol. The zero-order valence-electron chi connectivity index (χ0n) is 23.9. The van der Waals surface area contributed by atoms with Gasteiger partial charge in [0.1, 0.15) is 5.75 Å². The molecular formula is C29H31ClF6N2O6. The second-order valence-electron chi connectivity index (χ2n) is 9.50. The Kier molecular flexibility index (Phi) is 12.5. The topological polar surface area (TPSA) is 92.0 Å². The van der Waals surface area contributed by atoms with E-state index in [1.807, 2.05) is 0 Å². The van der Waals surface area contributed by atoms with Gasteiger partial charge in [-0.3, -0.25) is 9.48 Å². The number of aromatic nitrogens is 2. The number of nitrogens with zero attached hydrogens (tertiary/aromatic N) is 2. The van der Waals surface area contributed by atoms with Gasteiger partial charge in [-0.25, -0.2) is 0 Å². The minimum Gasteiger partial charge on any atom is -0.493 e. The summed E-state index contributed by atoms with van der Waals surface area (Å²) in [5, 5.41) is 11.6. The number of esters is 1. The minimum atomic E-state index is -4.83. The van der Waals surface area contributed by atoms with Crippen LogP contribution in [0.15, 0.2) is 36.4 Å². The highest BCUT2D eigenvalue weighted by atomic mass is 35.5. The number of aliphatic hydroxyl groups is 1. The van der Waals surface area contributed by atoms with Gasteiger partial charge in [0.05, 0.1) is 54.9 Å². The van der Waals surface area contributed by atoms with Gasteiger partial charge in [-0.2, -0.15) is 31.4 Å². The molecule has 0 bridgehead atoms. The van der Waals surface area contributed by atoms with Gasteiger partial charge < -0.3 is 24.1 Å². The number of aryl methyl sites for hydroxylation is 1. The molecule has 0 atom stereocenters. The van der Waals surface area contributed by atoms with E-state index < -0.39 is 34.6 Å². The fourth-order valence-electron chi connectivity index (χ4n) is 4.22. The number of aliphatic hydroxyl groups excluding tert-OH is 1. The summed E-state index contributed by atoms with van der Waals surface area (Å²) in [6.45, 7) is 2.50. The van der Waals surface area contributed by atoms with Crippen molar-refractivity contribution in [2.24, 2.45) is 7.05 Å². The summed E-state index contributed by atoms with van der Waals surface area (Å²) in [5.74, 6) is -1.13. The molecule has 0 fully saturated rings. The molecule has 0 amide bonds. The molecule has 0 unspecified atom stereocenters. The lowest BCUT2D eigenvalue weighted by molar-refractivity contribution is -0.141. The molecule has 3 aromatic rings. The van der Waals surface area contributed by atoms with Gasteiger partial charge in [-0.05, 0) is 55.2 Å². The van der Waals surface area contributed by atoms with Gasteiger partial charge in [-0.15, -0.1) is 0 Å². The number of halogens is 7. The Morgan fingerprint density at radius 3 is 2.20 bits per heavy atom. The van der Waals surface area contributed by atoms with E-state index >= 15 is 0 Å². The molecule has 0 spiro atoms. The Balaban J connectivity index is 1.97. The number of rotatable bonds is 15. The highest BCUT2D eigenvalue weighted by Gasteiger charge is 2.36. The normalized spacial score (nSPS) is 12.0. The summed E-state index contributed by atoms with van der Waals surface area (Å²) in [6.07, 6.45) is -7.72. The van der Waals surface area contributed by atoms with Gasteiger partial charge in [0.25, 0.3) is 0 Å². The van der Waals surface area contributed by atoms with Crippen molar-refractivity contribution >= 4 is 17.6 Å². The standard InChI is InChI=1S/C29H31ClF6N2O6/c1-18(40)44-27-20(23-17-25(29(34,35)36)37-38(23)2)7-9-24(43-12-5-3-4-11-41-14-15-42-13-10-39)26(27)19-6-8-22(30)21(16-19)28(31,32)33/h6-9,16-17,39H,3-5,10-15H2,1-2H3. The third-order valence-electron chi connectivity index (χ3n) is 6.17. The van der Waals surface area contributed by atoms with Crippen LogP contribution in [0.25, 0.3) is 22.4 Å². The molecular weight excluding hydrogens is 622 g/mol. The van der Waals surface area contributed by atoms with Crippen LogP contribution in [0.5, 0.6) is 11.5 Å². The largest absolute Gasteiger partial charge is 0.493 e. The number of ether oxygens (including phenoxy) is 4. The van der Waals surface area contributed by atoms with Crippen molar-refractivity contribution in [2.75, 3.05) is 39.6 Å². The zero-order valence-corrected chi connectivity index (χ0v) is 24.6. The lowest BCUT2D eigenvalue weighted by Crippen LogP contribution is -2.09. The molecule has 0 radical (unpaired) electrons. The second kappa shape index (κ2) is 15.6. The van der Waals surface area contributed by atoms with Crippen LogP contribution in [0.1, 0.15) is 37.4 Å². The average Bonchev–Trinajstić information content (AvgIpc) is 3.33. The van der Waals surface area contributed by atoms with Crippen molar-refractivity contribution < 1.29 is 55.2 Å². The molecule has 1 aromatic heterocycles. The lowest BCUT2D eigenvalue weighted by Gasteiger charge is -2.20.